The normalized spacial score (nSPS) is 10.5. The minimum atomic E-state index is -0.187. The maximum absolute atomic E-state index is 12.0. The van der Waals surface area contributed by atoms with Gasteiger partial charge in [-0.05, 0) is 35.4 Å². The predicted octanol–water partition coefficient (Wildman–Crippen LogP) is 3.62. The number of carbonyl (C=O) groups excluding carboxylic acids is 1. The quantitative estimate of drug-likeness (QED) is 0.559. The monoisotopic (exact) mass is 346 g/mol. The molecule has 0 aliphatic rings. The van der Waals surface area contributed by atoms with E-state index in [0.29, 0.717) is 21.7 Å². The minimum absolute atomic E-state index is 0.0691. The average Bonchev–Trinajstić information content (AvgIpc) is 2.53. The van der Waals surface area contributed by atoms with Crippen LogP contribution in [-0.2, 0) is 11.2 Å². The van der Waals surface area contributed by atoms with E-state index in [9.17, 15) is 4.79 Å². The molecule has 1 amide bonds. The third-order valence-electron chi connectivity index (χ3n) is 3.16. The molecule has 2 aromatic carbocycles. The summed E-state index contributed by atoms with van der Waals surface area (Å²) in [4.78, 5) is 20.2. The molecular formula is C16H12Cl2N4O. The number of rotatable bonds is 4. The smallest absolute Gasteiger partial charge is 0.242 e. The molecule has 7 heteroatoms. The summed E-state index contributed by atoms with van der Waals surface area (Å²) >= 11 is 11.9. The fourth-order valence-corrected chi connectivity index (χ4v) is 2.47. The zero-order valence-electron chi connectivity index (χ0n) is 11.9. The number of hydrogen-bond acceptors (Lipinski definition) is 4. The summed E-state index contributed by atoms with van der Waals surface area (Å²) in [6.07, 6.45) is 0.260. The molecule has 0 aliphatic heterocycles. The summed E-state index contributed by atoms with van der Waals surface area (Å²) in [6, 6.07) is 14.6. The summed E-state index contributed by atoms with van der Waals surface area (Å²) in [6.45, 7) is 0. The highest BCUT2D eigenvalue weighted by molar-refractivity contribution is 6.31. The highest BCUT2D eigenvalue weighted by Gasteiger charge is 2.09. The topological polar surface area (TPSA) is 66.9 Å². The van der Waals surface area contributed by atoms with Crippen molar-refractivity contribution in [1.29, 1.82) is 0 Å². The molecule has 0 saturated heterocycles. The van der Waals surface area contributed by atoms with Gasteiger partial charge in [-0.15, -0.1) is 0 Å². The molecule has 5 nitrogen and oxygen atoms in total. The molecule has 116 valence electrons. The maximum Gasteiger partial charge on any atom is 0.242 e. The first kappa shape index (κ1) is 15.5. The lowest BCUT2D eigenvalue weighted by atomic mass is 10.1. The zero-order chi connectivity index (χ0) is 16.2. The lowest BCUT2D eigenvalue weighted by Crippen LogP contribution is -2.31. The Labute approximate surface area is 142 Å². The molecule has 1 aromatic heterocycles. The van der Waals surface area contributed by atoms with Crippen LogP contribution in [0.25, 0.3) is 10.9 Å². The highest BCUT2D eigenvalue weighted by atomic mass is 35.5. The van der Waals surface area contributed by atoms with E-state index in [1.165, 1.54) is 0 Å². The van der Waals surface area contributed by atoms with Crippen LogP contribution in [-0.4, -0.2) is 15.9 Å². The van der Waals surface area contributed by atoms with Crippen molar-refractivity contribution < 1.29 is 4.79 Å². The van der Waals surface area contributed by atoms with Crippen LogP contribution in [0.15, 0.2) is 48.5 Å². The Balaban J connectivity index is 1.75. The average molecular weight is 347 g/mol. The Morgan fingerprint density at radius 3 is 2.61 bits per heavy atom. The van der Waals surface area contributed by atoms with Crippen LogP contribution in [0.1, 0.15) is 5.56 Å². The van der Waals surface area contributed by atoms with Gasteiger partial charge in [0.25, 0.3) is 0 Å². The lowest BCUT2D eigenvalue weighted by Gasteiger charge is -2.10. The number of hydrogen-bond donors (Lipinski definition) is 2. The van der Waals surface area contributed by atoms with E-state index in [4.69, 9.17) is 23.2 Å². The second-order valence-corrected chi connectivity index (χ2v) is 5.61. The van der Waals surface area contributed by atoms with E-state index in [0.717, 1.165) is 5.56 Å². The SMILES string of the molecule is O=C(Cc1ccccc1)NNc1nc(Cl)nc2cc(Cl)ccc12. The Kier molecular flexibility index (Phi) is 4.60. The molecule has 0 atom stereocenters. The van der Waals surface area contributed by atoms with Crippen molar-refractivity contribution in [2.45, 2.75) is 6.42 Å². The van der Waals surface area contributed by atoms with E-state index in [1.54, 1.807) is 18.2 Å². The molecule has 2 N–H and O–H groups in total. The number of fused-ring (bicyclic) bond motifs is 1. The van der Waals surface area contributed by atoms with Crippen LogP contribution in [0.5, 0.6) is 0 Å². The Bertz CT molecular complexity index is 850. The largest absolute Gasteiger partial charge is 0.281 e. The third-order valence-corrected chi connectivity index (χ3v) is 3.56. The molecular weight excluding hydrogens is 335 g/mol. The van der Waals surface area contributed by atoms with E-state index < -0.39 is 0 Å². The van der Waals surface area contributed by atoms with Gasteiger partial charge < -0.3 is 0 Å². The number of nitrogens with zero attached hydrogens (tertiary/aromatic N) is 2. The van der Waals surface area contributed by atoms with Crippen LogP contribution in [0.4, 0.5) is 5.82 Å². The van der Waals surface area contributed by atoms with E-state index in [2.05, 4.69) is 20.8 Å². The molecule has 0 aliphatic carbocycles. The molecule has 23 heavy (non-hydrogen) atoms. The van der Waals surface area contributed by atoms with Gasteiger partial charge in [0, 0.05) is 10.4 Å². The Morgan fingerprint density at radius 1 is 1.04 bits per heavy atom. The number of amides is 1. The maximum atomic E-state index is 12.0. The second kappa shape index (κ2) is 6.81. The van der Waals surface area contributed by atoms with Gasteiger partial charge in [0.1, 0.15) is 0 Å². The van der Waals surface area contributed by atoms with Crippen molar-refractivity contribution in [2.75, 3.05) is 5.43 Å². The van der Waals surface area contributed by atoms with Gasteiger partial charge in [-0.3, -0.25) is 15.6 Å². The summed E-state index contributed by atoms with van der Waals surface area (Å²) in [5.41, 5.74) is 6.92. The first-order valence-electron chi connectivity index (χ1n) is 6.83. The van der Waals surface area contributed by atoms with Gasteiger partial charge in [0.15, 0.2) is 5.82 Å². The summed E-state index contributed by atoms with van der Waals surface area (Å²) < 4.78 is 0. The summed E-state index contributed by atoms with van der Waals surface area (Å²) in [7, 11) is 0. The van der Waals surface area contributed by atoms with Crippen molar-refractivity contribution >= 4 is 45.8 Å². The number of benzene rings is 2. The van der Waals surface area contributed by atoms with Crippen molar-refractivity contribution in [3.63, 3.8) is 0 Å². The molecule has 0 bridgehead atoms. The number of nitrogens with one attached hydrogen (secondary N) is 2. The second-order valence-electron chi connectivity index (χ2n) is 4.84. The molecule has 0 saturated carbocycles. The van der Waals surface area contributed by atoms with E-state index in [-0.39, 0.29) is 17.6 Å². The zero-order valence-corrected chi connectivity index (χ0v) is 13.4. The Morgan fingerprint density at radius 2 is 1.83 bits per heavy atom. The first-order valence-corrected chi connectivity index (χ1v) is 7.59. The van der Waals surface area contributed by atoms with Crippen LogP contribution >= 0.6 is 23.2 Å². The number of hydrazine groups is 1. The van der Waals surface area contributed by atoms with E-state index in [1.807, 2.05) is 30.3 Å². The van der Waals surface area contributed by atoms with Gasteiger partial charge in [0.05, 0.1) is 11.9 Å². The molecule has 0 radical (unpaired) electrons. The number of halogens is 2. The standard InChI is InChI=1S/C16H12Cl2N4O/c17-11-6-7-12-13(9-11)19-16(18)20-15(12)22-21-14(23)8-10-4-2-1-3-5-10/h1-7,9H,8H2,(H,21,23)(H,19,20,22). The van der Waals surface area contributed by atoms with Crippen LogP contribution < -0.4 is 10.9 Å². The van der Waals surface area contributed by atoms with Crippen molar-refractivity contribution in [3.05, 3.63) is 64.4 Å². The van der Waals surface area contributed by atoms with Gasteiger partial charge in [-0.2, -0.15) is 4.98 Å². The van der Waals surface area contributed by atoms with Gasteiger partial charge >= 0.3 is 0 Å². The summed E-state index contributed by atoms with van der Waals surface area (Å²) in [5.74, 6) is 0.228. The van der Waals surface area contributed by atoms with Crippen LogP contribution in [0.2, 0.25) is 10.3 Å². The van der Waals surface area contributed by atoms with Crippen molar-refractivity contribution in [3.8, 4) is 0 Å². The molecule has 0 unspecified atom stereocenters. The predicted molar refractivity (Wildman–Crippen MR) is 91.5 cm³/mol. The van der Waals surface area contributed by atoms with Gasteiger partial charge in [-0.25, -0.2) is 4.98 Å². The molecule has 3 rings (SSSR count). The highest BCUT2D eigenvalue weighted by Crippen LogP contribution is 2.24. The number of anilines is 1. The Hall–Kier alpha value is -2.37. The van der Waals surface area contributed by atoms with Gasteiger partial charge in [0.2, 0.25) is 11.2 Å². The van der Waals surface area contributed by atoms with Gasteiger partial charge in [-0.1, -0.05) is 41.9 Å². The molecule has 1 heterocycles. The number of carbonyl (C=O) groups is 1. The lowest BCUT2D eigenvalue weighted by molar-refractivity contribution is -0.119. The summed E-state index contributed by atoms with van der Waals surface area (Å²) in [5, 5.41) is 1.32. The van der Waals surface area contributed by atoms with E-state index >= 15 is 0 Å². The molecule has 3 aromatic rings. The first-order chi connectivity index (χ1) is 11.1. The fourth-order valence-electron chi connectivity index (χ4n) is 2.12. The number of aromatic nitrogens is 2. The van der Waals surface area contributed by atoms with Crippen molar-refractivity contribution in [2.24, 2.45) is 0 Å². The van der Waals surface area contributed by atoms with Crippen molar-refractivity contribution in [1.82, 2.24) is 15.4 Å². The molecule has 0 spiro atoms. The molecule has 0 fully saturated rings. The fraction of sp³-hybridized carbons (Fsp3) is 0.0625. The minimum Gasteiger partial charge on any atom is -0.281 e. The van der Waals surface area contributed by atoms with Crippen LogP contribution in [0.3, 0.4) is 0 Å². The van der Waals surface area contributed by atoms with Crippen LogP contribution in [0, 0.1) is 0 Å². The third kappa shape index (κ3) is 3.88.